The molecule has 0 fully saturated rings. The minimum Gasteiger partial charge on any atom is -0.312 e. The van der Waals surface area contributed by atoms with Crippen LogP contribution in [0.4, 0.5) is 0 Å². The third kappa shape index (κ3) is 5.43. The van der Waals surface area contributed by atoms with E-state index in [1.165, 1.54) is 37.7 Å². The first-order valence-electron chi connectivity index (χ1n) is 6.48. The van der Waals surface area contributed by atoms with Gasteiger partial charge in [0.15, 0.2) is 0 Å². The highest BCUT2D eigenvalue weighted by molar-refractivity contribution is 6.30. The first kappa shape index (κ1) is 15.6. The maximum absolute atomic E-state index is 5.85. The third-order valence-electron chi connectivity index (χ3n) is 3.25. The van der Waals surface area contributed by atoms with Crippen molar-refractivity contribution in [1.82, 2.24) is 5.32 Å². The summed E-state index contributed by atoms with van der Waals surface area (Å²) in [5.41, 5.74) is 2.94. The highest BCUT2D eigenvalue weighted by Gasteiger charge is 2.02. The summed E-state index contributed by atoms with van der Waals surface area (Å²) in [5, 5.41) is 4.29. The van der Waals surface area contributed by atoms with Gasteiger partial charge in [0.2, 0.25) is 0 Å². The summed E-state index contributed by atoms with van der Waals surface area (Å²) in [6.07, 6.45) is 8.97. The fourth-order valence-corrected chi connectivity index (χ4v) is 2.34. The van der Waals surface area contributed by atoms with Gasteiger partial charge >= 0.3 is 0 Å². The third-order valence-corrected chi connectivity index (χ3v) is 3.50. The van der Waals surface area contributed by atoms with Crippen LogP contribution in [0.1, 0.15) is 37.7 Å². The molecule has 100 valence electrons. The monoisotopic (exact) mass is 285 g/mol. The van der Waals surface area contributed by atoms with Crippen LogP contribution in [0.25, 0.3) is 0 Å². The molecule has 1 aromatic rings. The zero-order valence-corrected chi connectivity index (χ0v) is 12.2. The van der Waals surface area contributed by atoms with E-state index in [1.807, 2.05) is 12.1 Å². The van der Waals surface area contributed by atoms with E-state index in [9.17, 15) is 0 Å². The average Bonchev–Trinajstić information content (AvgIpc) is 2.38. The average molecular weight is 286 g/mol. The van der Waals surface area contributed by atoms with Crippen LogP contribution >= 0.6 is 24.0 Å². The molecule has 18 heavy (non-hydrogen) atoms. The number of hydrogen-bond donors (Lipinski definition) is 1. The molecule has 0 unspecified atom stereocenters. The van der Waals surface area contributed by atoms with Crippen molar-refractivity contribution < 1.29 is 0 Å². The van der Waals surface area contributed by atoms with Crippen LogP contribution in [0, 0.1) is 0 Å². The van der Waals surface area contributed by atoms with Crippen LogP contribution in [0.5, 0.6) is 0 Å². The fraction of sp³-hybridized carbons (Fsp3) is 0.467. The molecule has 1 aromatic carbocycles. The first-order chi connectivity index (χ1) is 8.34. The number of benzene rings is 1. The molecule has 0 aromatic heterocycles. The second-order valence-corrected chi connectivity index (χ2v) is 5.10. The van der Waals surface area contributed by atoms with Gasteiger partial charge in [0.05, 0.1) is 0 Å². The number of hydrogen-bond acceptors (Lipinski definition) is 1. The van der Waals surface area contributed by atoms with Crippen molar-refractivity contribution >= 4 is 24.0 Å². The van der Waals surface area contributed by atoms with E-state index >= 15 is 0 Å². The van der Waals surface area contributed by atoms with Crippen LogP contribution in [-0.4, -0.2) is 6.54 Å². The summed E-state index contributed by atoms with van der Waals surface area (Å²) in [6.45, 7) is 2.01. The van der Waals surface area contributed by atoms with E-state index in [2.05, 4.69) is 23.5 Å². The zero-order chi connectivity index (χ0) is 11.9. The molecule has 0 saturated heterocycles. The van der Waals surface area contributed by atoms with Crippen molar-refractivity contribution in [3.63, 3.8) is 0 Å². The summed E-state index contributed by atoms with van der Waals surface area (Å²) in [4.78, 5) is 0. The van der Waals surface area contributed by atoms with Crippen LogP contribution < -0.4 is 5.32 Å². The molecule has 0 aliphatic heterocycles. The molecule has 0 saturated carbocycles. The van der Waals surface area contributed by atoms with Gasteiger partial charge in [0, 0.05) is 11.6 Å². The van der Waals surface area contributed by atoms with Crippen LogP contribution in [0.3, 0.4) is 0 Å². The molecule has 1 N–H and O–H groups in total. The van der Waals surface area contributed by atoms with Gasteiger partial charge in [-0.25, -0.2) is 0 Å². The van der Waals surface area contributed by atoms with Crippen molar-refractivity contribution in [3.05, 3.63) is 46.5 Å². The Morgan fingerprint density at radius 2 is 1.89 bits per heavy atom. The van der Waals surface area contributed by atoms with E-state index in [0.717, 1.165) is 18.1 Å². The van der Waals surface area contributed by atoms with E-state index in [1.54, 1.807) is 5.57 Å². The highest BCUT2D eigenvalue weighted by Crippen LogP contribution is 2.19. The number of rotatable bonds is 5. The standard InChI is InChI=1S/C15H20ClN.ClH/c16-15-8-6-14(7-9-15)12-17-11-10-13-4-2-1-3-5-13;/h4,6-9,17H,1-3,5,10-12H2;1H. The lowest BCUT2D eigenvalue weighted by atomic mass is 9.97. The summed E-state index contributed by atoms with van der Waals surface area (Å²) in [7, 11) is 0. The molecule has 1 nitrogen and oxygen atoms in total. The minimum absolute atomic E-state index is 0. The Bertz CT molecular complexity index is 371. The van der Waals surface area contributed by atoms with Crippen LogP contribution in [0.2, 0.25) is 5.02 Å². The molecule has 1 aliphatic rings. The van der Waals surface area contributed by atoms with Crippen molar-refractivity contribution in [3.8, 4) is 0 Å². The van der Waals surface area contributed by atoms with E-state index in [-0.39, 0.29) is 12.4 Å². The quantitative estimate of drug-likeness (QED) is 0.609. The maximum Gasteiger partial charge on any atom is 0.0406 e. The molecule has 0 heterocycles. The second-order valence-electron chi connectivity index (χ2n) is 4.66. The van der Waals surface area contributed by atoms with E-state index in [4.69, 9.17) is 11.6 Å². The summed E-state index contributed by atoms with van der Waals surface area (Å²) < 4.78 is 0. The Kier molecular flexibility index (Phi) is 7.41. The topological polar surface area (TPSA) is 12.0 Å². The van der Waals surface area contributed by atoms with Crippen molar-refractivity contribution in [1.29, 1.82) is 0 Å². The fourth-order valence-electron chi connectivity index (χ4n) is 2.22. The molecule has 0 bridgehead atoms. The summed E-state index contributed by atoms with van der Waals surface area (Å²) in [6, 6.07) is 8.05. The summed E-state index contributed by atoms with van der Waals surface area (Å²) in [5.74, 6) is 0. The van der Waals surface area contributed by atoms with E-state index in [0.29, 0.717) is 0 Å². The molecule has 0 amide bonds. The molecule has 0 radical (unpaired) electrons. The first-order valence-corrected chi connectivity index (χ1v) is 6.85. The maximum atomic E-state index is 5.85. The summed E-state index contributed by atoms with van der Waals surface area (Å²) >= 11 is 5.85. The Hall–Kier alpha value is -0.500. The highest BCUT2D eigenvalue weighted by atomic mass is 35.5. The largest absolute Gasteiger partial charge is 0.312 e. The SMILES string of the molecule is Cl.Clc1ccc(CNCCC2=CCCCC2)cc1. The molecule has 1 aliphatic carbocycles. The predicted molar refractivity (Wildman–Crippen MR) is 81.6 cm³/mol. The molecular formula is C15H21Cl2N. The second kappa shape index (κ2) is 8.58. The molecule has 3 heteroatoms. The van der Waals surface area contributed by atoms with Gasteiger partial charge in [-0.3, -0.25) is 0 Å². The Labute approximate surface area is 121 Å². The van der Waals surface area contributed by atoms with Crippen LogP contribution in [0.15, 0.2) is 35.9 Å². The molecule has 0 spiro atoms. The van der Waals surface area contributed by atoms with Crippen molar-refractivity contribution in [2.75, 3.05) is 6.54 Å². The van der Waals surface area contributed by atoms with Crippen LogP contribution in [-0.2, 0) is 6.54 Å². The van der Waals surface area contributed by atoms with E-state index < -0.39 is 0 Å². The van der Waals surface area contributed by atoms with Gasteiger partial charge in [0.1, 0.15) is 0 Å². The van der Waals surface area contributed by atoms with Crippen molar-refractivity contribution in [2.24, 2.45) is 0 Å². The number of halogens is 2. The Morgan fingerprint density at radius 3 is 2.56 bits per heavy atom. The minimum atomic E-state index is 0. The Morgan fingerprint density at radius 1 is 1.11 bits per heavy atom. The molecule has 2 rings (SSSR count). The van der Waals surface area contributed by atoms with Gasteiger partial charge in [0.25, 0.3) is 0 Å². The Balaban J connectivity index is 0.00000162. The van der Waals surface area contributed by atoms with Gasteiger partial charge in [-0.1, -0.05) is 35.4 Å². The smallest absolute Gasteiger partial charge is 0.0406 e. The van der Waals surface area contributed by atoms with Gasteiger partial charge < -0.3 is 5.32 Å². The number of allylic oxidation sites excluding steroid dienone is 1. The lowest BCUT2D eigenvalue weighted by Gasteiger charge is -2.12. The molecular weight excluding hydrogens is 265 g/mol. The lowest BCUT2D eigenvalue weighted by molar-refractivity contribution is 0.632. The number of nitrogens with one attached hydrogen (secondary N) is 1. The van der Waals surface area contributed by atoms with Gasteiger partial charge in [-0.2, -0.15) is 0 Å². The predicted octanol–water partition coefficient (Wildman–Crippen LogP) is 4.74. The van der Waals surface area contributed by atoms with Gasteiger partial charge in [-0.05, 0) is 56.3 Å². The van der Waals surface area contributed by atoms with Crippen molar-refractivity contribution in [2.45, 2.75) is 38.6 Å². The zero-order valence-electron chi connectivity index (χ0n) is 10.6. The normalized spacial score (nSPS) is 14.8. The molecule has 0 atom stereocenters. The lowest BCUT2D eigenvalue weighted by Crippen LogP contribution is -2.15. The van der Waals surface area contributed by atoms with Gasteiger partial charge in [-0.15, -0.1) is 12.4 Å².